The van der Waals surface area contributed by atoms with Crippen LogP contribution in [0.3, 0.4) is 0 Å². The summed E-state index contributed by atoms with van der Waals surface area (Å²) in [5.74, 6) is 0. The van der Waals surface area contributed by atoms with Gasteiger partial charge >= 0.3 is 0 Å². The first-order valence-corrected chi connectivity index (χ1v) is 8.27. The summed E-state index contributed by atoms with van der Waals surface area (Å²) in [7, 11) is -3.36. The van der Waals surface area contributed by atoms with Crippen LogP contribution in [0.5, 0.6) is 0 Å². The molecule has 18 heavy (non-hydrogen) atoms. The van der Waals surface area contributed by atoms with Crippen molar-refractivity contribution in [1.29, 1.82) is 0 Å². The lowest BCUT2D eigenvalue weighted by molar-refractivity contribution is 0.216. The predicted molar refractivity (Wildman–Crippen MR) is 70.5 cm³/mol. The van der Waals surface area contributed by atoms with Crippen LogP contribution in [0.15, 0.2) is 5.03 Å². The van der Waals surface area contributed by atoms with Crippen molar-refractivity contribution in [2.24, 2.45) is 0 Å². The molecule has 0 bridgehead atoms. The number of sulfone groups is 1. The molecule has 0 unspecified atom stereocenters. The van der Waals surface area contributed by atoms with Crippen molar-refractivity contribution in [3.63, 3.8) is 0 Å². The lowest BCUT2D eigenvalue weighted by Crippen LogP contribution is -2.30. The van der Waals surface area contributed by atoms with E-state index in [1.807, 2.05) is 0 Å². The van der Waals surface area contributed by atoms with Crippen LogP contribution in [0.2, 0.25) is 5.02 Å². The summed E-state index contributed by atoms with van der Waals surface area (Å²) in [6.07, 6.45) is 2.09. The van der Waals surface area contributed by atoms with Crippen LogP contribution >= 0.6 is 11.6 Å². The van der Waals surface area contributed by atoms with E-state index in [0.717, 1.165) is 24.9 Å². The largest absolute Gasteiger partial charge is 0.295 e. The van der Waals surface area contributed by atoms with Crippen molar-refractivity contribution >= 4 is 21.4 Å². The molecule has 7 heteroatoms. The van der Waals surface area contributed by atoms with E-state index in [0.29, 0.717) is 19.1 Å². The minimum atomic E-state index is -3.36. The van der Waals surface area contributed by atoms with Crippen LogP contribution in [-0.4, -0.2) is 41.9 Å². The maximum Gasteiger partial charge on any atom is 0.196 e. The molecule has 0 N–H and O–H groups in total. The summed E-state index contributed by atoms with van der Waals surface area (Å²) in [5, 5.41) is 4.43. The molecule has 1 aliphatic rings. The molecule has 0 spiro atoms. The van der Waals surface area contributed by atoms with Crippen molar-refractivity contribution in [2.45, 2.75) is 44.4 Å². The van der Waals surface area contributed by atoms with Gasteiger partial charge < -0.3 is 0 Å². The van der Waals surface area contributed by atoms with Gasteiger partial charge in [0.2, 0.25) is 0 Å². The average Bonchev–Trinajstić information content (AvgIpc) is 2.47. The molecule has 0 radical (unpaired) electrons. The predicted octanol–water partition coefficient (Wildman–Crippen LogP) is 1.55. The zero-order chi connectivity index (χ0) is 13.5. The van der Waals surface area contributed by atoms with Crippen LogP contribution < -0.4 is 0 Å². The summed E-state index contributed by atoms with van der Waals surface area (Å²) < 4.78 is 24.9. The maximum atomic E-state index is 11.6. The van der Waals surface area contributed by atoms with E-state index in [-0.39, 0.29) is 10.0 Å². The molecular weight excluding hydrogens is 274 g/mol. The third-order valence-corrected chi connectivity index (χ3v) is 4.71. The monoisotopic (exact) mass is 291 g/mol. The summed E-state index contributed by atoms with van der Waals surface area (Å²) in [4.78, 5) is 2.28. The highest BCUT2D eigenvalue weighted by atomic mass is 35.5. The number of aromatic nitrogens is 2. The normalized spacial score (nSPS) is 17.8. The van der Waals surface area contributed by atoms with Crippen LogP contribution in [0, 0.1) is 0 Å². The van der Waals surface area contributed by atoms with E-state index in [4.69, 9.17) is 11.6 Å². The Balaban J connectivity index is 2.45. The number of aryl methyl sites for hydroxylation is 1. The number of rotatable bonds is 2. The fourth-order valence-corrected chi connectivity index (χ4v) is 3.47. The molecule has 0 aliphatic carbocycles. The van der Waals surface area contributed by atoms with Gasteiger partial charge in [-0.3, -0.25) is 9.58 Å². The SMILES string of the molecule is CC(C)N1CCCn2nc(S(C)(=O)=O)c(Cl)c2C1. The maximum absolute atomic E-state index is 11.6. The highest BCUT2D eigenvalue weighted by Crippen LogP contribution is 2.28. The van der Waals surface area contributed by atoms with Gasteiger partial charge in [0, 0.05) is 31.9 Å². The fraction of sp³-hybridized carbons (Fsp3) is 0.727. The Kier molecular flexibility index (Phi) is 3.71. The molecule has 1 aromatic rings. The molecule has 0 aromatic carbocycles. The molecule has 0 amide bonds. The molecule has 2 heterocycles. The van der Waals surface area contributed by atoms with Crippen LogP contribution in [0.25, 0.3) is 0 Å². The highest BCUT2D eigenvalue weighted by molar-refractivity contribution is 7.90. The summed E-state index contributed by atoms with van der Waals surface area (Å²) >= 11 is 6.18. The second-order valence-electron chi connectivity index (χ2n) is 4.98. The van der Waals surface area contributed by atoms with Gasteiger partial charge in [-0.05, 0) is 20.3 Å². The Morgan fingerprint density at radius 1 is 1.33 bits per heavy atom. The molecular formula is C11H18ClN3O2S. The van der Waals surface area contributed by atoms with Crippen molar-refractivity contribution < 1.29 is 8.42 Å². The Hall–Kier alpha value is -0.590. The summed E-state index contributed by atoms with van der Waals surface area (Å²) in [6.45, 7) is 6.59. The van der Waals surface area contributed by atoms with E-state index in [1.54, 1.807) is 4.68 Å². The van der Waals surface area contributed by atoms with Crippen molar-refractivity contribution in [2.75, 3.05) is 12.8 Å². The molecule has 5 nitrogen and oxygen atoms in total. The number of hydrogen-bond acceptors (Lipinski definition) is 4. The van der Waals surface area contributed by atoms with E-state index < -0.39 is 9.84 Å². The van der Waals surface area contributed by atoms with Gasteiger partial charge in [0.05, 0.1) is 5.69 Å². The summed E-state index contributed by atoms with van der Waals surface area (Å²) in [6, 6.07) is 0.407. The standard InChI is InChI=1S/C11H18ClN3O2S/c1-8(2)14-5-4-6-15-9(7-14)10(12)11(13-15)18(3,16)17/h8H,4-7H2,1-3H3. The van der Waals surface area contributed by atoms with Crippen molar-refractivity contribution in [1.82, 2.24) is 14.7 Å². The van der Waals surface area contributed by atoms with Gasteiger partial charge in [-0.25, -0.2) is 8.42 Å². The summed E-state index contributed by atoms with van der Waals surface area (Å²) in [5.41, 5.74) is 0.809. The van der Waals surface area contributed by atoms with Gasteiger partial charge in [0.15, 0.2) is 14.9 Å². The fourth-order valence-electron chi connectivity index (χ4n) is 2.16. The first-order chi connectivity index (χ1) is 8.30. The molecule has 0 saturated heterocycles. The number of hydrogen-bond donors (Lipinski definition) is 0. The van der Waals surface area contributed by atoms with Gasteiger partial charge in [0.25, 0.3) is 0 Å². The van der Waals surface area contributed by atoms with Gasteiger partial charge in [-0.15, -0.1) is 0 Å². The molecule has 2 rings (SSSR count). The highest BCUT2D eigenvalue weighted by Gasteiger charge is 2.26. The molecule has 0 saturated carbocycles. The van der Waals surface area contributed by atoms with E-state index in [2.05, 4.69) is 23.8 Å². The lowest BCUT2D eigenvalue weighted by atomic mass is 10.3. The van der Waals surface area contributed by atoms with Crippen LogP contribution in [0.4, 0.5) is 0 Å². The Morgan fingerprint density at radius 2 is 2.00 bits per heavy atom. The van der Waals surface area contributed by atoms with E-state index in [1.165, 1.54) is 0 Å². The Labute approximate surface area is 113 Å². The zero-order valence-corrected chi connectivity index (χ0v) is 12.4. The third kappa shape index (κ3) is 2.55. The topological polar surface area (TPSA) is 55.2 Å². The molecule has 102 valence electrons. The second kappa shape index (κ2) is 4.83. The smallest absolute Gasteiger partial charge is 0.196 e. The second-order valence-corrected chi connectivity index (χ2v) is 7.29. The Bertz CT molecular complexity index is 551. The number of nitrogens with zero attached hydrogens (tertiary/aromatic N) is 3. The number of halogens is 1. The minimum Gasteiger partial charge on any atom is -0.295 e. The molecule has 1 aliphatic heterocycles. The van der Waals surface area contributed by atoms with E-state index in [9.17, 15) is 8.42 Å². The molecule has 1 aromatic heterocycles. The van der Waals surface area contributed by atoms with Gasteiger partial charge in [-0.2, -0.15) is 5.10 Å². The van der Waals surface area contributed by atoms with Crippen molar-refractivity contribution in [3.05, 3.63) is 10.7 Å². The zero-order valence-electron chi connectivity index (χ0n) is 10.9. The Morgan fingerprint density at radius 3 is 2.56 bits per heavy atom. The van der Waals surface area contributed by atoms with Crippen LogP contribution in [0.1, 0.15) is 26.0 Å². The molecule has 0 atom stereocenters. The first-order valence-electron chi connectivity index (χ1n) is 6.00. The van der Waals surface area contributed by atoms with Gasteiger partial charge in [0.1, 0.15) is 5.02 Å². The minimum absolute atomic E-state index is 0.00442. The number of fused-ring (bicyclic) bond motifs is 1. The lowest BCUT2D eigenvalue weighted by Gasteiger charge is -2.23. The first kappa shape index (κ1) is 13.8. The van der Waals surface area contributed by atoms with Crippen LogP contribution in [-0.2, 0) is 22.9 Å². The molecule has 0 fully saturated rings. The van der Waals surface area contributed by atoms with Gasteiger partial charge in [-0.1, -0.05) is 11.6 Å². The quantitative estimate of drug-likeness (QED) is 0.830. The van der Waals surface area contributed by atoms with E-state index >= 15 is 0 Å². The third-order valence-electron chi connectivity index (χ3n) is 3.21. The average molecular weight is 292 g/mol. The van der Waals surface area contributed by atoms with Crippen molar-refractivity contribution in [3.8, 4) is 0 Å².